The first-order chi connectivity index (χ1) is 7.45. The highest BCUT2D eigenvalue weighted by Gasteiger charge is 2.19. The summed E-state index contributed by atoms with van der Waals surface area (Å²) in [4.78, 5) is 14.7. The Hall–Kier alpha value is -1.65. The molecule has 1 aromatic heterocycles. The van der Waals surface area contributed by atoms with Gasteiger partial charge in [0.05, 0.1) is 12.0 Å². The fourth-order valence-corrected chi connectivity index (χ4v) is 1.52. The van der Waals surface area contributed by atoms with Gasteiger partial charge in [0.25, 0.3) is 5.69 Å². The molecule has 5 heteroatoms. The Kier molecular flexibility index (Phi) is 3.82. The van der Waals surface area contributed by atoms with Crippen molar-refractivity contribution in [1.82, 2.24) is 4.98 Å². The van der Waals surface area contributed by atoms with E-state index in [1.54, 1.807) is 6.92 Å². The molecular formula is C11H16N2O3. The van der Waals surface area contributed by atoms with E-state index in [1.165, 1.54) is 13.2 Å². The van der Waals surface area contributed by atoms with Crippen LogP contribution in [0.1, 0.15) is 25.1 Å². The molecule has 1 aromatic rings. The van der Waals surface area contributed by atoms with Crippen molar-refractivity contribution in [2.24, 2.45) is 5.92 Å². The Labute approximate surface area is 94.6 Å². The van der Waals surface area contributed by atoms with Crippen molar-refractivity contribution in [2.75, 3.05) is 7.11 Å². The first-order valence-electron chi connectivity index (χ1n) is 5.14. The van der Waals surface area contributed by atoms with Crippen LogP contribution >= 0.6 is 0 Å². The second kappa shape index (κ2) is 4.92. The summed E-state index contributed by atoms with van der Waals surface area (Å²) in [5.41, 5.74) is 1.25. The van der Waals surface area contributed by atoms with Gasteiger partial charge in [0.1, 0.15) is 5.69 Å². The van der Waals surface area contributed by atoms with Crippen molar-refractivity contribution < 1.29 is 9.66 Å². The zero-order chi connectivity index (χ0) is 12.3. The minimum atomic E-state index is -0.392. The van der Waals surface area contributed by atoms with Gasteiger partial charge in [-0.2, -0.15) is 0 Å². The number of aromatic nitrogens is 1. The number of nitro groups is 1. The number of rotatable bonds is 4. The van der Waals surface area contributed by atoms with Crippen molar-refractivity contribution in [3.63, 3.8) is 0 Å². The third-order valence-corrected chi connectivity index (χ3v) is 2.21. The number of hydrogen-bond acceptors (Lipinski definition) is 4. The van der Waals surface area contributed by atoms with Gasteiger partial charge in [-0.15, -0.1) is 0 Å². The minimum absolute atomic E-state index is 0.0759. The number of methoxy groups -OCH3 is 1. The maximum atomic E-state index is 10.9. The summed E-state index contributed by atoms with van der Waals surface area (Å²) < 4.78 is 5.07. The molecule has 0 aromatic carbocycles. The Morgan fingerprint density at radius 1 is 1.56 bits per heavy atom. The van der Waals surface area contributed by atoms with Gasteiger partial charge in [0, 0.05) is 11.6 Å². The molecule has 0 N–H and O–H groups in total. The van der Waals surface area contributed by atoms with Crippen LogP contribution in [-0.2, 0) is 6.42 Å². The number of nitrogens with zero attached hydrogens (tertiary/aromatic N) is 2. The summed E-state index contributed by atoms with van der Waals surface area (Å²) in [6, 6.07) is 1.52. The molecule has 0 saturated carbocycles. The third kappa shape index (κ3) is 2.68. The summed E-state index contributed by atoms with van der Waals surface area (Å²) in [6.45, 7) is 5.74. The van der Waals surface area contributed by atoms with E-state index < -0.39 is 4.92 Å². The first kappa shape index (κ1) is 12.4. The Bertz CT molecular complexity index is 402. The molecular weight excluding hydrogens is 208 g/mol. The third-order valence-electron chi connectivity index (χ3n) is 2.21. The van der Waals surface area contributed by atoms with Gasteiger partial charge in [-0.1, -0.05) is 13.8 Å². The monoisotopic (exact) mass is 224 g/mol. The highest BCUT2D eigenvalue weighted by atomic mass is 16.6. The number of pyridine rings is 1. The van der Waals surface area contributed by atoms with Crippen LogP contribution in [-0.4, -0.2) is 17.0 Å². The summed E-state index contributed by atoms with van der Waals surface area (Å²) in [7, 11) is 1.51. The summed E-state index contributed by atoms with van der Waals surface area (Å²) in [6.07, 6.45) is 0.576. The molecule has 5 nitrogen and oxygen atoms in total. The van der Waals surface area contributed by atoms with Crippen molar-refractivity contribution in [2.45, 2.75) is 27.2 Å². The molecule has 0 aliphatic rings. The Morgan fingerprint density at radius 2 is 2.19 bits per heavy atom. The van der Waals surface area contributed by atoms with E-state index in [0.717, 1.165) is 0 Å². The van der Waals surface area contributed by atoms with E-state index >= 15 is 0 Å². The summed E-state index contributed by atoms with van der Waals surface area (Å²) in [5.74, 6) is 0.778. The van der Waals surface area contributed by atoms with Crippen LogP contribution in [0.25, 0.3) is 0 Å². The van der Waals surface area contributed by atoms with E-state index in [9.17, 15) is 10.1 Å². The van der Waals surface area contributed by atoms with Crippen molar-refractivity contribution >= 4 is 5.69 Å². The molecule has 0 aliphatic heterocycles. The second-order valence-corrected chi connectivity index (χ2v) is 4.14. The van der Waals surface area contributed by atoms with Crippen LogP contribution in [0.2, 0.25) is 0 Å². The molecule has 0 bridgehead atoms. The Balaban J connectivity index is 3.25. The van der Waals surface area contributed by atoms with Gasteiger partial charge in [-0.25, -0.2) is 4.98 Å². The van der Waals surface area contributed by atoms with Gasteiger partial charge in [0.15, 0.2) is 0 Å². The maximum Gasteiger partial charge on any atom is 0.291 e. The molecule has 0 amide bonds. The van der Waals surface area contributed by atoms with Crippen molar-refractivity contribution in [3.8, 4) is 5.88 Å². The highest BCUT2D eigenvalue weighted by Crippen LogP contribution is 2.26. The first-order valence-corrected chi connectivity index (χ1v) is 5.14. The van der Waals surface area contributed by atoms with Crippen LogP contribution in [0, 0.1) is 23.0 Å². The molecule has 0 atom stereocenters. The molecule has 0 saturated heterocycles. The fraction of sp³-hybridized carbons (Fsp3) is 0.545. The van der Waals surface area contributed by atoms with E-state index in [-0.39, 0.29) is 5.69 Å². The average molecular weight is 224 g/mol. The van der Waals surface area contributed by atoms with Crippen LogP contribution in [0.5, 0.6) is 5.88 Å². The molecule has 1 rings (SSSR count). The molecule has 0 fully saturated rings. The number of hydrogen-bond donors (Lipinski definition) is 0. The lowest BCUT2D eigenvalue weighted by Gasteiger charge is -2.09. The van der Waals surface area contributed by atoms with Crippen LogP contribution < -0.4 is 4.74 Å². The van der Waals surface area contributed by atoms with Crippen LogP contribution in [0.3, 0.4) is 0 Å². The van der Waals surface area contributed by atoms with E-state index in [1.807, 2.05) is 13.8 Å². The SMILES string of the molecule is COc1nc(CC(C)C)c([N+](=O)[O-])cc1C. The highest BCUT2D eigenvalue weighted by molar-refractivity contribution is 5.43. The standard InChI is InChI=1S/C11H16N2O3/c1-7(2)5-9-10(13(14)15)6-8(3)11(12-9)16-4/h6-7H,5H2,1-4H3. The lowest BCUT2D eigenvalue weighted by molar-refractivity contribution is -0.386. The molecule has 88 valence electrons. The molecule has 0 spiro atoms. The van der Waals surface area contributed by atoms with Gasteiger partial charge < -0.3 is 4.74 Å². The number of aryl methyl sites for hydroxylation is 1. The zero-order valence-corrected chi connectivity index (χ0v) is 9.98. The summed E-state index contributed by atoms with van der Waals surface area (Å²) in [5, 5.41) is 10.9. The smallest absolute Gasteiger partial charge is 0.291 e. The van der Waals surface area contributed by atoms with Crippen molar-refractivity contribution in [1.29, 1.82) is 0 Å². The predicted octanol–water partition coefficient (Wildman–Crippen LogP) is 2.51. The van der Waals surface area contributed by atoms with Crippen LogP contribution in [0.4, 0.5) is 5.69 Å². The van der Waals surface area contributed by atoms with E-state index in [4.69, 9.17) is 4.74 Å². The van der Waals surface area contributed by atoms with E-state index in [2.05, 4.69) is 4.98 Å². The predicted molar refractivity (Wildman–Crippen MR) is 60.7 cm³/mol. The molecule has 1 heterocycles. The largest absolute Gasteiger partial charge is 0.481 e. The molecule has 0 radical (unpaired) electrons. The van der Waals surface area contributed by atoms with E-state index in [0.29, 0.717) is 29.5 Å². The summed E-state index contributed by atoms with van der Waals surface area (Å²) >= 11 is 0. The molecule has 0 aliphatic carbocycles. The minimum Gasteiger partial charge on any atom is -0.481 e. The fourth-order valence-electron chi connectivity index (χ4n) is 1.52. The van der Waals surface area contributed by atoms with Gasteiger partial charge in [-0.05, 0) is 19.3 Å². The maximum absolute atomic E-state index is 10.9. The average Bonchev–Trinajstić information content (AvgIpc) is 2.19. The van der Waals surface area contributed by atoms with Gasteiger partial charge in [0.2, 0.25) is 5.88 Å². The lowest BCUT2D eigenvalue weighted by Crippen LogP contribution is -2.05. The normalized spacial score (nSPS) is 10.6. The second-order valence-electron chi connectivity index (χ2n) is 4.14. The molecule has 16 heavy (non-hydrogen) atoms. The van der Waals surface area contributed by atoms with Gasteiger partial charge >= 0.3 is 0 Å². The van der Waals surface area contributed by atoms with Crippen LogP contribution in [0.15, 0.2) is 6.07 Å². The lowest BCUT2D eigenvalue weighted by atomic mass is 10.1. The van der Waals surface area contributed by atoms with Crippen molar-refractivity contribution in [3.05, 3.63) is 27.4 Å². The molecule has 0 unspecified atom stereocenters. The zero-order valence-electron chi connectivity index (χ0n) is 9.98. The number of ether oxygens (including phenoxy) is 1. The quantitative estimate of drug-likeness (QED) is 0.582. The topological polar surface area (TPSA) is 65.3 Å². The Morgan fingerprint density at radius 3 is 2.62 bits per heavy atom. The van der Waals surface area contributed by atoms with Gasteiger partial charge in [-0.3, -0.25) is 10.1 Å².